The molecule has 20 heavy (non-hydrogen) atoms. The zero-order chi connectivity index (χ0) is 14.4. The molecule has 0 heterocycles. The summed E-state index contributed by atoms with van der Waals surface area (Å²) >= 11 is 3.62. The SMILES string of the molecule is CCCN(Cc1ccccc1N)Cc1ccccc1Br. The van der Waals surface area contributed by atoms with Gasteiger partial charge in [0.2, 0.25) is 0 Å². The van der Waals surface area contributed by atoms with Gasteiger partial charge < -0.3 is 5.73 Å². The Balaban J connectivity index is 2.12. The van der Waals surface area contributed by atoms with Crippen molar-refractivity contribution in [2.45, 2.75) is 26.4 Å². The molecule has 2 nitrogen and oxygen atoms in total. The fraction of sp³-hybridized carbons (Fsp3) is 0.294. The highest BCUT2D eigenvalue weighted by atomic mass is 79.9. The minimum Gasteiger partial charge on any atom is -0.398 e. The Kier molecular flexibility index (Phi) is 5.62. The number of nitrogens with zero attached hydrogens (tertiary/aromatic N) is 1. The molecule has 0 aromatic heterocycles. The lowest BCUT2D eigenvalue weighted by Crippen LogP contribution is -2.24. The van der Waals surface area contributed by atoms with E-state index < -0.39 is 0 Å². The Morgan fingerprint density at radius 3 is 2.20 bits per heavy atom. The molecule has 0 saturated heterocycles. The molecule has 0 fully saturated rings. The van der Waals surface area contributed by atoms with Gasteiger partial charge in [0.05, 0.1) is 0 Å². The minimum absolute atomic E-state index is 0.876. The summed E-state index contributed by atoms with van der Waals surface area (Å²) in [6.07, 6.45) is 1.14. The van der Waals surface area contributed by atoms with E-state index in [9.17, 15) is 0 Å². The molecule has 2 aromatic carbocycles. The molecular formula is C17H21BrN2. The third-order valence-electron chi connectivity index (χ3n) is 3.34. The van der Waals surface area contributed by atoms with E-state index in [0.717, 1.165) is 31.7 Å². The molecule has 0 spiro atoms. The first kappa shape index (κ1) is 15.1. The Morgan fingerprint density at radius 1 is 0.950 bits per heavy atom. The largest absolute Gasteiger partial charge is 0.398 e. The van der Waals surface area contributed by atoms with Gasteiger partial charge in [0, 0.05) is 23.2 Å². The predicted molar refractivity (Wildman–Crippen MR) is 89.4 cm³/mol. The summed E-state index contributed by atoms with van der Waals surface area (Å²) in [5, 5.41) is 0. The van der Waals surface area contributed by atoms with Crippen LogP contribution < -0.4 is 5.73 Å². The van der Waals surface area contributed by atoms with Crippen molar-refractivity contribution in [2.75, 3.05) is 12.3 Å². The van der Waals surface area contributed by atoms with Crippen LogP contribution >= 0.6 is 15.9 Å². The lowest BCUT2D eigenvalue weighted by molar-refractivity contribution is 0.257. The molecule has 0 atom stereocenters. The van der Waals surface area contributed by atoms with Crippen LogP contribution in [0.15, 0.2) is 53.0 Å². The standard InChI is InChI=1S/C17H21BrN2/c1-2-11-20(12-14-7-3-5-9-16(14)18)13-15-8-4-6-10-17(15)19/h3-10H,2,11-13,19H2,1H3. The van der Waals surface area contributed by atoms with E-state index in [4.69, 9.17) is 5.73 Å². The first-order chi connectivity index (χ1) is 9.70. The Bertz CT molecular complexity index is 507. The molecule has 2 rings (SSSR count). The summed E-state index contributed by atoms with van der Waals surface area (Å²) < 4.78 is 1.17. The number of rotatable bonds is 6. The van der Waals surface area contributed by atoms with Crippen molar-refractivity contribution in [2.24, 2.45) is 0 Å². The molecule has 0 amide bonds. The monoisotopic (exact) mass is 332 g/mol. The summed E-state index contributed by atoms with van der Waals surface area (Å²) in [7, 11) is 0. The number of nitrogens with two attached hydrogens (primary N) is 1. The highest BCUT2D eigenvalue weighted by Gasteiger charge is 2.09. The van der Waals surface area contributed by atoms with E-state index in [1.165, 1.54) is 15.6 Å². The van der Waals surface area contributed by atoms with Gasteiger partial charge in [0.1, 0.15) is 0 Å². The van der Waals surface area contributed by atoms with Crippen LogP contribution in [-0.4, -0.2) is 11.4 Å². The van der Waals surface area contributed by atoms with Crippen LogP contribution in [0.2, 0.25) is 0 Å². The number of nitrogen functional groups attached to an aromatic ring is 1. The summed E-state index contributed by atoms with van der Waals surface area (Å²) in [5.41, 5.74) is 9.45. The molecule has 2 N–H and O–H groups in total. The van der Waals surface area contributed by atoms with Gasteiger partial charge in [-0.15, -0.1) is 0 Å². The molecule has 0 aliphatic carbocycles. The summed E-state index contributed by atoms with van der Waals surface area (Å²) in [6.45, 7) is 5.10. The molecule has 0 radical (unpaired) electrons. The van der Waals surface area contributed by atoms with Gasteiger partial charge in [-0.1, -0.05) is 59.3 Å². The Morgan fingerprint density at radius 2 is 1.55 bits per heavy atom. The maximum absolute atomic E-state index is 6.05. The van der Waals surface area contributed by atoms with Gasteiger partial charge >= 0.3 is 0 Å². The predicted octanol–water partition coefficient (Wildman–Crippen LogP) is 4.44. The topological polar surface area (TPSA) is 29.3 Å². The molecule has 0 saturated carbocycles. The van der Waals surface area contributed by atoms with Crippen LogP contribution in [-0.2, 0) is 13.1 Å². The third-order valence-corrected chi connectivity index (χ3v) is 4.11. The van der Waals surface area contributed by atoms with Crippen molar-refractivity contribution in [1.29, 1.82) is 0 Å². The molecule has 0 aliphatic rings. The fourth-order valence-corrected chi connectivity index (χ4v) is 2.73. The summed E-state index contributed by atoms with van der Waals surface area (Å²) in [4.78, 5) is 2.44. The zero-order valence-electron chi connectivity index (χ0n) is 11.8. The molecule has 0 aliphatic heterocycles. The van der Waals surface area contributed by atoms with Crippen molar-refractivity contribution >= 4 is 21.6 Å². The highest BCUT2D eigenvalue weighted by molar-refractivity contribution is 9.10. The van der Waals surface area contributed by atoms with Gasteiger partial charge in [-0.3, -0.25) is 4.90 Å². The molecular weight excluding hydrogens is 312 g/mol. The van der Waals surface area contributed by atoms with Crippen molar-refractivity contribution in [1.82, 2.24) is 4.90 Å². The number of benzene rings is 2. The third kappa shape index (κ3) is 4.09. The lowest BCUT2D eigenvalue weighted by atomic mass is 10.1. The Labute approximate surface area is 129 Å². The van der Waals surface area contributed by atoms with Crippen LogP contribution in [0.4, 0.5) is 5.69 Å². The zero-order valence-corrected chi connectivity index (χ0v) is 13.4. The van der Waals surface area contributed by atoms with Crippen molar-refractivity contribution in [3.63, 3.8) is 0 Å². The average Bonchev–Trinajstić information content (AvgIpc) is 2.44. The number of halogens is 1. The lowest BCUT2D eigenvalue weighted by Gasteiger charge is -2.23. The van der Waals surface area contributed by atoms with Gasteiger partial charge in [-0.25, -0.2) is 0 Å². The van der Waals surface area contributed by atoms with E-state index in [-0.39, 0.29) is 0 Å². The van der Waals surface area contributed by atoms with E-state index >= 15 is 0 Å². The van der Waals surface area contributed by atoms with E-state index in [0.29, 0.717) is 0 Å². The van der Waals surface area contributed by atoms with Crippen LogP contribution in [0.1, 0.15) is 24.5 Å². The first-order valence-corrected chi connectivity index (χ1v) is 7.79. The smallest absolute Gasteiger partial charge is 0.0359 e. The number of anilines is 1. The van der Waals surface area contributed by atoms with Crippen molar-refractivity contribution in [3.8, 4) is 0 Å². The van der Waals surface area contributed by atoms with Crippen LogP contribution in [0, 0.1) is 0 Å². The van der Waals surface area contributed by atoms with E-state index in [1.54, 1.807) is 0 Å². The second kappa shape index (κ2) is 7.46. The van der Waals surface area contributed by atoms with Gasteiger partial charge in [0.15, 0.2) is 0 Å². The van der Waals surface area contributed by atoms with E-state index in [1.807, 2.05) is 24.3 Å². The summed E-state index contributed by atoms with van der Waals surface area (Å²) in [6, 6.07) is 16.5. The fourth-order valence-electron chi connectivity index (χ4n) is 2.32. The maximum Gasteiger partial charge on any atom is 0.0359 e. The first-order valence-electron chi connectivity index (χ1n) is 7.00. The highest BCUT2D eigenvalue weighted by Crippen LogP contribution is 2.20. The maximum atomic E-state index is 6.05. The number of hydrogen-bond acceptors (Lipinski definition) is 2. The van der Waals surface area contributed by atoms with Gasteiger partial charge in [0.25, 0.3) is 0 Å². The molecule has 0 bridgehead atoms. The Hall–Kier alpha value is -1.32. The second-order valence-corrected chi connectivity index (χ2v) is 5.86. The molecule has 2 aromatic rings. The van der Waals surface area contributed by atoms with Crippen molar-refractivity contribution in [3.05, 3.63) is 64.1 Å². The van der Waals surface area contributed by atoms with E-state index in [2.05, 4.69) is 52.0 Å². The average molecular weight is 333 g/mol. The molecule has 106 valence electrons. The quantitative estimate of drug-likeness (QED) is 0.792. The summed E-state index contributed by atoms with van der Waals surface area (Å²) in [5.74, 6) is 0. The molecule has 3 heteroatoms. The van der Waals surface area contributed by atoms with Crippen LogP contribution in [0.3, 0.4) is 0 Å². The minimum atomic E-state index is 0.876. The van der Waals surface area contributed by atoms with Gasteiger partial charge in [-0.2, -0.15) is 0 Å². The van der Waals surface area contributed by atoms with Gasteiger partial charge in [-0.05, 0) is 36.2 Å². The number of para-hydroxylation sites is 1. The van der Waals surface area contributed by atoms with Crippen LogP contribution in [0.5, 0.6) is 0 Å². The second-order valence-electron chi connectivity index (χ2n) is 5.00. The van der Waals surface area contributed by atoms with Crippen LogP contribution in [0.25, 0.3) is 0 Å². The van der Waals surface area contributed by atoms with Crippen molar-refractivity contribution < 1.29 is 0 Å². The normalized spacial score (nSPS) is 10.9. The number of hydrogen-bond donors (Lipinski definition) is 1. The molecule has 0 unspecified atom stereocenters.